The van der Waals surface area contributed by atoms with Crippen molar-refractivity contribution in [3.8, 4) is 0 Å². The lowest BCUT2D eigenvalue weighted by Crippen LogP contribution is -2.22. The van der Waals surface area contributed by atoms with Gasteiger partial charge in [-0.1, -0.05) is 24.3 Å². The summed E-state index contributed by atoms with van der Waals surface area (Å²) in [6.07, 6.45) is 12.0. The van der Waals surface area contributed by atoms with Gasteiger partial charge < -0.3 is 9.51 Å². The molecule has 4 aromatic rings. The first kappa shape index (κ1) is 18.1. The van der Waals surface area contributed by atoms with Gasteiger partial charge in [-0.05, 0) is 85.6 Å². The summed E-state index contributed by atoms with van der Waals surface area (Å²) < 4.78 is 2.12. The molecule has 0 bridgehead atoms. The zero-order valence-corrected chi connectivity index (χ0v) is 17.1. The van der Waals surface area contributed by atoms with Gasteiger partial charge in [0.2, 0.25) is 0 Å². The molecule has 2 aliphatic carbocycles. The van der Waals surface area contributed by atoms with Gasteiger partial charge in [0.15, 0.2) is 0 Å². The number of hydrogen-bond acceptors (Lipinski definition) is 3. The smallest absolute Gasteiger partial charge is 0.0995 e. The Bertz CT molecular complexity index is 1200. The fourth-order valence-corrected chi connectivity index (χ4v) is 5.41. The van der Waals surface area contributed by atoms with Crippen LogP contribution in [0.1, 0.15) is 73.3 Å². The molecule has 4 nitrogen and oxygen atoms in total. The molecule has 30 heavy (non-hydrogen) atoms. The summed E-state index contributed by atoms with van der Waals surface area (Å²) in [5.74, 6) is 1.49. The van der Waals surface area contributed by atoms with Gasteiger partial charge in [-0.3, -0.25) is 4.98 Å². The third-order valence-corrected chi connectivity index (χ3v) is 7.27. The average Bonchev–Trinajstić information content (AvgIpc) is 3.54. The second kappa shape index (κ2) is 7.21. The summed E-state index contributed by atoms with van der Waals surface area (Å²) in [6.45, 7) is 0. The van der Waals surface area contributed by atoms with E-state index in [2.05, 4.69) is 50.8 Å². The number of hydrogen-bond donors (Lipinski definition) is 1. The van der Waals surface area contributed by atoms with Crippen LogP contribution in [-0.4, -0.2) is 19.5 Å². The van der Waals surface area contributed by atoms with Gasteiger partial charge >= 0.3 is 0 Å². The number of benzene rings is 1. The average molecular weight is 398 g/mol. The molecule has 3 aromatic heterocycles. The molecule has 152 valence electrons. The van der Waals surface area contributed by atoms with Crippen LogP contribution in [-0.2, 0) is 0 Å². The molecule has 2 saturated carbocycles. The predicted molar refractivity (Wildman–Crippen MR) is 119 cm³/mol. The van der Waals surface area contributed by atoms with Crippen LogP contribution in [0.2, 0.25) is 0 Å². The number of rotatable bonds is 4. The molecule has 6 rings (SSSR count). The molecule has 3 heterocycles. The first-order valence-corrected chi connectivity index (χ1v) is 11.3. The number of pyridine rings is 2. The Balaban J connectivity index is 1.24. The number of nitrogens with zero attached hydrogens (tertiary/aromatic N) is 3. The Morgan fingerprint density at radius 1 is 0.933 bits per heavy atom. The number of fused-ring (bicyclic) bond motifs is 2. The summed E-state index contributed by atoms with van der Waals surface area (Å²) in [5, 5.41) is 12.7. The normalized spacial score (nSPS) is 23.1. The summed E-state index contributed by atoms with van der Waals surface area (Å²) in [4.78, 5) is 8.86. The maximum Gasteiger partial charge on any atom is 0.0995 e. The third-order valence-electron chi connectivity index (χ3n) is 7.27. The minimum absolute atomic E-state index is 0.310. The lowest BCUT2D eigenvalue weighted by Gasteiger charge is -2.33. The molecule has 1 N–H and O–H groups in total. The SMILES string of the molecule is O[C@@H](c1c(C2CC2)ccc2cncn12)[C@H]1CC[C@H](c2ccc3cccnc3c2)CC1. The summed E-state index contributed by atoms with van der Waals surface area (Å²) in [6, 6.07) is 15.2. The van der Waals surface area contributed by atoms with E-state index in [0.29, 0.717) is 17.8 Å². The number of aromatic nitrogens is 3. The van der Waals surface area contributed by atoms with E-state index in [9.17, 15) is 5.11 Å². The lowest BCUT2D eigenvalue weighted by atomic mass is 9.75. The van der Waals surface area contributed by atoms with E-state index in [1.807, 2.05) is 24.8 Å². The van der Waals surface area contributed by atoms with Gasteiger partial charge in [0.05, 0.1) is 35.4 Å². The molecule has 0 amide bonds. The highest BCUT2D eigenvalue weighted by molar-refractivity contribution is 5.79. The number of aliphatic hydroxyl groups is 1. The van der Waals surface area contributed by atoms with Crippen LogP contribution in [0.15, 0.2) is 61.2 Å². The van der Waals surface area contributed by atoms with E-state index in [0.717, 1.165) is 42.4 Å². The molecule has 4 heteroatoms. The van der Waals surface area contributed by atoms with Crippen LogP contribution in [0.5, 0.6) is 0 Å². The van der Waals surface area contributed by atoms with E-state index < -0.39 is 6.10 Å². The van der Waals surface area contributed by atoms with E-state index in [1.54, 1.807) is 0 Å². The quantitative estimate of drug-likeness (QED) is 0.476. The Morgan fingerprint density at radius 2 is 1.77 bits per heavy atom. The third kappa shape index (κ3) is 3.10. The maximum atomic E-state index is 11.5. The molecule has 2 aliphatic rings. The van der Waals surface area contributed by atoms with Crippen LogP contribution < -0.4 is 0 Å². The van der Waals surface area contributed by atoms with Gasteiger partial charge in [0, 0.05) is 11.6 Å². The minimum atomic E-state index is -0.419. The largest absolute Gasteiger partial charge is 0.387 e. The Kier molecular flexibility index (Phi) is 4.34. The van der Waals surface area contributed by atoms with Crippen molar-refractivity contribution in [3.05, 3.63) is 78.0 Å². The van der Waals surface area contributed by atoms with Crippen LogP contribution in [0.25, 0.3) is 16.4 Å². The van der Waals surface area contributed by atoms with Crippen molar-refractivity contribution in [3.63, 3.8) is 0 Å². The van der Waals surface area contributed by atoms with Crippen molar-refractivity contribution in [1.29, 1.82) is 0 Å². The van der Waals surface area contributed by atoms with Crippen molar-refractivity contribution in [2.75, 3.05) is 0 Å². The topological polar surface area (TPSA) is 50.4 Å². The van der Waals surface area contributed by atoms with Gasteiger partial charge in [-0.25, -0.2) is 4.98 Å². The van der Waals surface area contributed by atoms with Crippen LogP contribution in [0.4, 0.5) is 0 Å². The van der Waals surface area contributed by atoms with Crippen molar-refractivity contribution in [1.82, 2.24) is 14.4 Å². The number of aliphatic hydroxyl groups excluding tert-OH is 1. The fraction of sp³-hybridized carbons (Fsp3) is 0.385. The monoisotopic (exact) mass is 397 g/mol. The van der Waals surface area contributed by atoms with Crippen LogP contribution in [0.3, 0.4) is 0 Å². The van der Waals surface area contributed by atoms with E-state index >= 15 is 0 Å². The van der Waals surface area contributed by atoms with E-state index in [4.69, 9.17) is 0 Å². The second-order valence-electron chi connectivity index (χ2n) is 9.15. The molecule has 2 fully saturated rings. The molecule has 0 aliphatic heterocycles. The summed E-state index contributed by atoms with van der Waals surface area (Å²) in [7, 11) is 0. The van der Waals surface area contributed by atoms with Crippen molar-refractivity contribution in [2.24, 2.45) is 5.92 Å². The van der Waals surface area contributed by atoms with Crippen LogP contribution in [0, 0.1) is 5.92 Å². The second-order valence-corrected chi connectivity index (χ2v) is 9.15. The maximum absolute atomic E-state index is 11.5. The first-order valence-electron chi connectivity index (χ1n) is 11.3. The lowest BCUT2D eigenvalue weighted by molar-refractivity contribution is 0.0754. The minimum Gasteiger partial charge on any atom is -0.387 e. The molecular formula is C26H27N3O. The van der Waals surface area contributed by atoms with Crippen molar-refractivity contribution < 1.29 is 5.11 Å². The molecule has 1 atom stereocenters. The van der Waals surface area contributed by atoms with E-state index in [1.165, 1.54) is 29.4 Å². The zero-order valence-electron chi connectivity index (χ0n) is 17.1. The van der Waals surface area contributed by atoms with Crippen LogP contribution >= 0.6 is 0 Å². The Labute approximate surface area is 176 Å². The first-order chi connectivity index (χ1) is 14.8. The van der Waals surface area contributed by atoms with Gasteiger partial charge in [-0.15, -0.1) is 0 Å². The zero-order chi connectivity index (χ0) is 20.1. The fourth-order valence-electron chi connectivity index (χ4n) is 5.41. The standard InChI is InChI=1S/C26H27N3O/c30-26(25-23(18-5-6-18)12-11-22-15-27-16-29(22)25)20-8-3-17(4-9-20)21-10-7-19-2-1-13-28-24(19)14-21/h1-2,7,10-18,20,26,30H,3-6,8-9H2/t17-,20-,26-/m1/s1. The van der Waals surface area contributed by atoms with Gasteiger partial charge in [0.25, 0.3) is 0 Å². The van der Waals surface area contributed by atoms with E-state index in [-0.39, 0.29) is 0 Å². The van der Waals surface area contributed by atoms with Crippen molar-refractivity contribution >= 4 is 16.4 Å². The predicted octanol–water partition coefficient (Wildman–Crippen LogP) is 5.77. The molecule has 0 radical (unpaired) electrons. The molecule has 1 aromatic carbocycles. The highest BCUT2D eigenvalue weighted by Crippen LogP contribution is 2.47. The summed E-state index contributed by atoms with van der Waals surface area (Å²) >= 11 is 0. The highest BCUT2D eigenvalue weighted by atomic mass is 16.3. The highest BCUT2D eigenvalue weighted by Gasteiger charge is 2.34. The molecule has 0 spiro atoms. The number of imidazole rings is 1. The molecule has 0 unspecified atom stereocenters. The van der Waals surface area contributed by atoms with Gasteiger partial charge in [-0.2, -0.15) is 0 Å². The summed E-state index contributed by atoms with van der Waals surface area (Å²) in [5.41, 5.74) is 5.97. The Morgan fingerprint density at radius 3 is 2.60 bits per heavy atom. The van der Waals surface area contributed by atoms with Gasteiger partial charge in [0.1, 0.15) is 0 Å². The molecular weight excluding hydrogens is 370 g/mol. The van der Waals surface area contributed by atoms with Crippen molar-refractivity contribution in [2.45, 2.75) is 56.5 Å². The molecule has 0 saturated heterocycles. The Hall–Kier alpha value is -2.72.